The van der Waals surface area contributed by atoms with E-state index in [1.54, 1.807) is 11.3 Å². The molecule has 1 aliphatic rings. The summed E-state index contributed by atoms with van der Waals surface area (Å²) in [6, 6.07) is 0. The predicted octanol–water partition coefficient (Wildman–Crippen LogP) is 2.93. The summed E-state index contributed by atoms with van der Waals surface area (Å²) in [6.45, 7) is 8.39. The number of ether oxygens (including phenoxy) is 1. The van der Waals surface area contributed by atoms with Gasteiger partial charge in [-0.1, -0.05) is 6.92 Å². The molecular weight excluding hydrogens is 232 g/mol. The van der Waals surface area contributed by atoms with Crippen LogP contribution in [0.25, 0.3) is 0 Å². The Morgan fingerprint density at radius 1 is 1.53 bits per heavy atom. The molecular formula is C13H22N2OS. The number of thiazole rings is 1. The highest BCUT2D eigenvalue weighted by Crippen LogP contribution is 2.40. The Balaban J connectivity index is 2.24. The van der Waals surface area contributed by atoms with Crippen LogP contribution >= 0.6 is 11.3 Å². The minimum Gasteiger partial charge on any atom is -0.375 e. The van der Waals surface area contributed by atoms with Crippen molar-refractivity contribution in [2.24, 2.45) is 0 Å². The van der Waals surface area contributed by atoms with Crippen molar-refractivity contribution in [3.8, 4) is 0 Å². The van der Waals surface area contributed by atoms with E-state index in [1.165, 1.54) is 5.01 Å². The number of hydrogen-bond acceptors (Lipinski definition) is 4. The summed E-state index contributed by atoms with van der Waals surface area (Å²) in [5.74, 6) is 0. The van der Waals surface area contributed by atoms with E-state index in [-0.39, 0.29) is 11.1 Å². The molecule has 0 radical (unpaired) electrons. The SMILES string of the molecule is CCCNC1(c2nccs2)CCOC(C)(C)C1. The lowest BCUT2D eigenvalue weighted by Gasteiger charge is -2.44. The Morgan fingerprint density at radius 3 is 2.94 bits per heavy atom. The van der Waals surface area contributed by atoms with Crippen LogP contribution in [0.15, 0.2) is 11.6 Å². The van der Waals surface area contributed by atoms with Crippen LogP contribution < -0.4 is 5.32 Å². The van der Waals surface area contributed by atoms with Crippen molar-refractivity contribution in [3.05, 3.63) is 16.6 Å². The van der Waals surface area contributed by atoms with Gasteiger partial charge in [-0.25, -0.2) is 4.98 Å². The Morgan fingerprint density at radius 2 is 2.35 bits per heavy atom. The van der Waals surface area contributed by atoms with E-state index in [1.807, 2.05) is 6.20 Å². The van der Waals surface area contributed by atoms with Crippen molar-refractivity contribution in [1.29, 1.82) is 0 Å². The lowest BCUT2D eigenvalue weighted by molar-refractivity contribution is -0.0897. The number of aromatic nitrogens is 1. The molecule has 3 nitrogen and oxygen atoms in total. The van der Waals surface area contributed by atoms with Crippen LogP contribution in [0.3, 0.4) is 0 Å². The van der Waals surface area contributed by atoms with Crippen molar-refractivity contribution in [1.82, 2.24) is 10.3 Å². The molecule has 0 aliphatic carbocycles. The van der Waals surface area contributed by atoms with E-state index in [0.717, 1.165) is 32.4 Å². The number of nitrogens with one attached hydrogen (secondary N) is 1. The van der Waals surface area contributed by atoms with Crippen molar-refractivity contribution < 1.29 is 4.74 Å². The highest BCUT2D eigenvalue weighted by molar-refractivity contribution is 7.09. The van der Waals surface area contributed by atoms with Crippen molar-refractivity contribution in [2.45, 2.75) is 51.2 Å². The highest BCUT2D eigenvalue weighted by Gasteiger charge is 2.43. The summed E-state index contributed by atoms with van der Waals surface area (Å²) >= 11 is 1.75. The third-order valence-corrected chi connectivity index (χ3v) is 4.28. The van der Waals surface area contributed by atoms with Gasteiger partial charge in [0.2, 0.25) is 0 Å². The van der Waals surface area contributed by atoms with Crippen LogP contribution in [0.5, 0.6) is 0 Å². The fourth-order valence-electron chi connectivity index (χ4n) is 2.60. The first-order valence-corrected chi connectivity index (χ1v) is 7.25. The average molecular weight is 254 g/mol. The van der Waals surface area contributed by atoms with Gasteiger partial charge in [-0.2, -0.15) is 0 Å². The minimum atomic E-state index is -0.0648. The second-order valence-corrected chi connectivity index (χ2v) is 6.28. The summed E-state index contributed by atoms with van der Waals surface area (Å²) in [6.07, 6.45) is 5.06. The molecule has 4 heteroatoms. The lowest BCUT2D eigenvalue weighted by Crippen LogP contribution is -2.52. The molecule has 0 saturated carbocycles. The molecule has 1 aromatic heterocycles. The van der Waals surface area contributed by atoms with Gasteiger partial charge in [0.25, 0.3) is 0 Å². The van der Waals surface area contributed by atoms with Gasteiger partial charge in [0, 0.05) is 24.6 Å². The van der Waals surface area contributed by atoms with Crippen LogP contribution in [0.4, 0.5) is 0 Å². The fraction of sp³-hybridized carbons (Fsp3) is 0.769. The van der Waals surface area contributed by atoms with Crippen molar-refractivity contribution in [2.75, 3.05) is 13.2 Å². The molecule has 0 spiro atoms. The zero-order chi connectivity index (χ0) is 12.4. The molecule has 1 fully saturated rings. The Bertz CT molecular complexity index is 350. The second kappa shape index (κ2) is 5.04. The summed E-state index contributed by atoms with van der Waals surface area (Å²) in [5, 5.41) is 6.98. The second-order valence-electron chi connectivity index (χ2n) is 5.38. The van der Waals surface area contributed by atoms with Gasteiger partial charge in [-0.05, 0) is 33.2 Å². The predicted molar refractivity (Wildman–Crippen MR) is 71.4 cm³/mol. The number of hydrogen-bond donors (Lipinski definition) is 1. The third kappa shape index (κ3) is 2.87. The molecule has 0 amide bonds. The van der Waals surface area contributed by atoms with Crippen LogP contribution in [-0.2, 0) is 10.3 Å². The maximum Gasteiger partial charge on any atom is 0.113 e. The molecule has 2 rings (SSSR count). The first kappa shape index (κ1) is 13.0. The highest BCUT2D eigenvalue weighted by atomic mass is 32.1. The van der Waals surface area contributed by atoms with E-state index >= 15 is 0 Å². The lowest BCUT2D eigenvalue weighted by atomic mass is 9.81. The Kier molecular flexibility index (Phi) is 3.85. The Labute approximate surface area is 108 Å². The van der Waals surface area contributed by atoms with Gasteiger partial charge < -0.3 is 10.1 Å². The first-order valence-electron chi connectivity index (χ1n) is 6.37. The summed E-state index contributed by atoms with van der Waals surface area (Å²) in [4.78, 5) is 4.53. The smallest absolute Gasteiger partial charge is 0.113 e. The molecule has 0 bridgehead atoms. The number of rotatable bonds is 4. The zero-order valence-electron chi connectivity index (χ0n) is 11.0. The quantitative estimate of drug-likeness (QED) is 0.897. The monoisotopic (exact) mass is 254 g/mol. The van der Waals surface area contributed by atoms with Crippen LogP contribution in [0.2, 0.25) is 0 Å². The molecule has 1 aliphatic heterocycles. The molecule has 1 aromatic rings. The molecule has 0 aromatic carbocycles. The van der Waals surface area contributed by atoms with Gasteiger partial charge in [0.1, 0.15) is 5.01 Å². The van der Waals surface area contributed by atoms with E-state index in [9.17, 15) is 0 Å². The fourth-order valence-corrected chi connectivity index (χ4v) is 3.45. The maximum atomic E-state index is 5.84. The first-order chi connectivity index (χ1) is 8.08. The topological polar surface area (TPSA) is 34.2 Å². The van der Waals surface area contributed by atoms with Gasteiger partial charge in [-0.3, -0.25) is 0 Å². The number of nitrogens with zero attached hydrogens (tertiary/aromatic N) is 1. The van der Waals surface area contributed by atoms with Gasteiger partial charge in [0.15, 0.2) is 0 Å². The molecule has 1 atom stereocenters. The standard InChI is InChI=1S/C13H22N2OS/c1-4-6-15-13(11-14-7-9-17-11)5-8-16-12(2,3)10-13/h7,9,15H,4-6,8,10H2,1-3H3. The Hall–Kier alpha value is -0.450. The third-order valence-electron chi connectivity index (χ3n) is 3.30. The molecule has 17 heavy (non-hydrogen) atoms. The van der Waals surface area contributed by atoms with Crippen LogP contribution in [-0.4, -0.2) is 23.7 Å². The molecule has 1 N–H and O–H groups in total. The molecule has 1 unspecified atom stereocenters. The van der Waals surface area contributed by atoms with Crippen LogP contribution in [0, 0.1) is 0 Å². The minimum absolute atomic E-state index is 0.0198. The van der Waals surface area contributed by atoms with E-state index < -0.39 is 0 Å². The van der Waals surface area contributed by atoms with E-state index in [4.69, 9.17) is 4.74 Å². The average Bonchev–Trinajstić information content (AvgIpc) is 2.79. The van der Waals surface area contributed by atoms with Crippen molar-refractivity contribution in [3.63, 3.8) is 0 Å². The largest absolute Gasteiger partial charge is 0.375 e. The maximum absolute atomic E-state index is 5.84. The van der Waals surface area contributed by atoms with E-state index in [2.05, 4.69) is 36.5 Å². The zero-order valence-corrected chi connectivity index (χ0v) is 11.8. The van der Waals surface area contributed by atoms with Crippen molar-refractivity contribution >= 4 is 11.3 Å². The molecule has 96 valence electrons. The molecule has 1 saturated heterocycles. The van der Waals surface area contributed by atoms with Crippen LogP contribution in [0.1, 0.15) is 45.0 Å². The van der Waals surface area contributed by atoms with Gasteiger partial charge >= 0.3 is 0 Å². The summed E-state index contributed by atoms with van der Waals surface area (Å²) < 4.78 is 5.84. The van der Waals surface area contributed by atoms with Gasteiger partial charge in [-0.15, -0.1) is 11.3 Å². The molecule has 2 heterocycles. The van der Waals surface area contributed by atoms with Gasteiger partial charge in [0.05, 0.1) is 11.1 Å². The normalized spacial score (nSPS) is 28.2. The summed E-state index contributed by atoms with van der Waals surface area (Å²) in [7, 11) is 0. The van der Waals surface area contributed by atoms with E-state index in [0.29, 0.717) is 0 Å². The summed E-state index contributed by atoms with van der Waals surface area (Å²) in [5.41, 5.74) is -0.0451.